The Morgan fingerprint density at radius 1 is 0.828 bits per heavy atom. The van der Waals surface area contributed by atoms with Crippen LogP contribution in [0.3, 0.4) is 0 Å². The van der Waals surface area contributed by atoms with Crippen LogP contribution >= 0.6 is 0 Å². The maximum absolute atomic E-state index is 11.0. The highest BCUT2D eigenvalue weighted by Gasteiger charge is 2.15. The minimum atomic E-state index is -1.10. The molecule has 0 aliphatic carbocycles. The number of esters is 1. The molecule has 0 heterocycles. The SMILES string of the molecule is COC(=O)[C@@H](N)Cc1ccc(O)c(O)c1.N[C@@H](Cc1ccc(O)c(O)c1)C(=O)O. The molecule has 10 nitrogen and oxygen atoms in total. The van der Waals surface area contributed by atoms with Gasteiger partial charge in [0, 0.05) is 0 Å². The fourth-order valence-electron chi connectivity index (χ4n) is 2.22. The highest BCUT2D eigenvalue weighted by atomic mass is 16.5. The average Bonchev–Trinajstić information content (AvgIpc) is 2.67. The van der Waals surface area contributed by atoms with Crippen LogP contribution in [0.5, 0.6) is 23.0 Å². The summed E-state index contributed by atoms with van der Waals surface area (Å²) in [6.07, 6.45) is 0.365. The van der Waals surface area contributed by atoms with Crippen LogP contribution in [0, 0.1) is 0 Å². The van der Waals surface area contributed by atoms with Crippen molar-refractivity contribution in [3.63, 3.8) is 0 Å². The fourth-order valence-corrected chi connectivity index (χ4v) is 2.22. The van der Waals surface area contributed by atoms with Gasteiger partial charge in [0.1, 0.15) is 12.1 Å². The van der Waals surface area contributed by atoms with Crippen LogP contribution in [-0.2, 0) is 27.2 Å². The van der Waals surface area contributed by atoms with Gasteiger partial charge in [-0.15, -0.1) is 0 Å². The van der Waals surface area contributed by atoms with Gasteiger partial charge in [-0.2, -0.15) is 0 Å². The molecule has 0 saturated carbocycles. The third-order valence-electron chi connectivity index (χ3n) is 3.81. The van der Waals surface area contributed by atoms with Crippen molar-refractivity contribution in [1.82, 2.24) is 0 Å². The van der Waals surface area contributed by atoms with Gasteiger partial charge in [0.2, 0.25) is 0 Å². The number of benzene rings is 2. The Hall–Kier alpha value is -3.50. The molecule has 2 aromatic rings. The molecule has 0 aliphatic heterocycles. The summed E-state index contributed by atoms with van der Waals surface area (Å²) >= 11 is 0. The molecule has 0 saturated heterocycles. The topological polar surface area (TPSA) is 197 Å². The molecule has 2 rings (SSSR count). The molecule has 2 aromatic carbocycles. The number of ether oxygens (including phenoxy) is 1. The number of hydrogen-bond acceptors (Lipinski definition) is 9. The van der Waals surface area contributed by atoms with Crippen LogP contribution in [-0.4, -0.2) is 56.7 Å². The van der Waals surface area contributed by atoms with Gasteiger partial charge in [-0.25, -0.2) is 0 Å². The average molecular weight is 408 g/mol. The largest absolute Gasteiger partial charge is 0.504 e. The van der Waals surface area contributed by atoms with E-state index in [2.05, 4.69) is 4.74 Å². The molecule has 0 amide bonds. The summed E-state index contributed by atoms with van der Waals surface area (Å²) in [7, 11) is 1.26. The van der Waals surface area contributed by atoms with Crippen molar-refractivity contribution >= 4 is 11.9 Å². The summed E-state index contributed by atoms with van der Waals surface area (Å²) in [4.78, 5) is 21.4. The van der Waals surface area contributed by atoms with Crippen LogP contribution in [0.2, 0.25) is 0 Å². The Labute approximate surface area is 166 Å². The third kappa shape index (κ3) is 7.56. The van der Waals surface area contributed by atoms with Gasteiger partial charge in [-0.05, 0) is 48.2 Å². The van der Waals surface area contributed by atoms with Gasteiger partial charge in [-0.1, -0.05) is 12.1 Å². The van der Waals surface area contributed by atoms with Gasteiger partial charge < -0.3 is 41.7 Å². The fraction of sp³-hybridized carbons (Fsp3) is 0.263. The number of carboxylic acid groups (broad SMARTS) is 1. The van der Waals surface area contributed by atoms with Crippen molar-refractivity contribution in [3.05, 3.63) is 47.5 Å². The summed E-state index contributed by atoms with van der Waals surface area (Å²) in [5, 5.41) is 44.9. The molecule has 0 unspecified atom stereocenters. The Morgan fingerprint density at radius 2 is 1.24 bits per heavy atom. The van der Waals surface area contributed by atoms with Crippen LogP contribution < -0.4 is 11.5 Å². The third-order valence-corrected chi connectivity index (χ3v) is 3.81. The van der Waals surface area contributed by atoms with E-state index in [9.17, 15) is 14.7 Å². The number of nitrogens with two attached hydrogens (primary N) is 2. The number of carbonyl (C=O) groups is 2. The van der Waals surface area contributed by atoms with Gasteiger partial charge >= 0.3 is 11.9 Å². The molecular formula is C19H24N2O8. The molecule has 10 heteroatoms. The zero-order valence-electron chi connectivity index (χ0n) is 15.6. The molecule has 0 radical (unpaired) electrons. The van der Waals surface area contributed by atoms with E-state index in [0.717, 1.165) is 0 Å². The number of aliphatic carboxylic acids is 1. The number of methoxy groups -OCH3 is 1. The quantitative estimate of drug-likeness (QED) is 0.256. The summed E-state index contributed by atoms with van der Waals surface area (Å²) in [5.74, 6) is -2.56. The minimum absolute atomic E-state index is 0.114. The Balaban J connectivity index is 0.000000291. The second-order valence-corrected chi connectivity index (χ2v) is 6.13. The van der Waals surface area contributed by atoms with E-state index in [1.807, 2.05) is 0 Å². The summed E-state index contributed by atoms with van der Waals surface area (Å²) < 4.78 is 4.46. The second-order valence-electron chi connectivity index (χ2n) is 6.13. The molecule has 0 bridgehead atoms. The number of rotatable bonds is 6. The van der Waals surface area contributed by atoms with E-state index in [4.69, 9.17) is 31.9 Å². The minimum Gasteiger partial charge on any atom is -0.504 e. The molecule has 0 aromatic heterocycles. The number of phenolic OH excluding ortho intramolecular Hbond substituents is 4. The van der Waals surface area contributed by atoms with Crippen LogP contribution in [0.25, 0.3) is 0 Å². The number of carbonyl (C=O) groups excluding carboxylic acids is 1. The monoisotopic (exact) mass is 408 g/mol. The van der Waals surface area contributed by atoms with Gasteiger partial charge in [0.15, 0.2) is 23.0 Å². The molecular weight excluding hydrogens is 384 g/mol. The lowest BCUT2D eigenvalue weighted by molar-refractivity contribution is -0.142. The zero-order chi connectivity index (χ0) is 22.1. The zero-order valence-corrected chi connectivity index (χ0v) is 15.6. The second kappa shape index (κ2) is 10.7. The highest BCUT2D eigenvalue weighted by molar-refractivity contribution is 5.75. The van der Waals surface area contributed by atoms with Crippen molar-refractivity contribution in [1.29, 1.82) is 0 Å². The summed E-state index contributed by atoms with van der Waals surface area (Å²) in [6.45, 7) is 0. The van der Waals surface area contributed by atoms with Crippen LogP contribution in [0.1, 0.15) is 11.1 Å². The van der Waals surface area contributed by atoms with Crippen molar-refractivity contribution in [2.45, 2.75) is 24.9 Å². The molecule has 29 heavy (non-hydrogen) atoms. The van der Waals surface area contributed by atoms with Crippen molar-refractivity contribution < 1.29 is 39.9 Å². The molecule has 9 N–H and O–H groups in total. The Morgan fingerprint density at radius 3 is 1.59 bits per heavy atom. The van der Waals surface area contributed by atoms with E-state index in [1.165, 1.54) is 37.4 Å². The van der Waals surface area contributed by atoms with Gasteiger partial charge in [-0.3, -0.25) is 9.59 Å². The van der Waals surface area contributed by atoms with E-state index < -0.39 is 24.0 Å². The maximum atomic E-state index is 11.0. The van der Waals surface area contributed by atoms with Gasteiger partial charge in [0.25, 0.3) is 0 Å². The molecule has 0 fully saturated rings. The van der Waals surface area contributed by atoms with E-state index >= 15 is 0 Å². The lowest BCUT2D eigenvalue weighted by atomic mass is 10.1. The van der Waals surface area contributed by atoms with E-state index in [-0.39, 0.29) is 35.8 Å². The Kier molecular flexibility index (Phi) is 8.71. The van der Waals surface area contributed by atoms with Crippen molar-refractivity contribution in [2.75, 3.05) is 7.11 Å². The van der Waals surface area contributed by atoms with E-state index in [1.54, 1.807) is 6.07 Å². The van der Waals surface area contributed by atoms with Crippen LogP contribution in [0.4, 0.5) is 0 Å². The number of hydrogen-bond donors (Lipinski definition) is 7. The lowest BCUT2D eigenvalue weighted by Gasteiger charge is -2.09. The molecule has 2 atom stereocenters. The molecule has 0 spiro atoms. The summed E-state index contributed by atoms with van der Waals surface area (Å²) in [6, 6.07) is 6.61. The first-order valence-corrected chi connectivity index (χ1v) is 8.38. The highest BCUT2D eigenvalue weighted by Crippen LogP contribution is 2.26. The van der Waals surface area contributed by atoms with Gasteiger partial charge in [0.05, 0.1) is 7.11 Å². The van der Waals surface area contributed by atoms with Crippen molar-refractivity contribution in [3.8, 4) is 23.0 Å². The first kappa shape index (κ1) is 23.5. The smallest absolute Gasteiger partial charge is 0.322 e. The normalized spacial score (nSPS) is 12.2. The predicted molar refractivity (Wildman–Crippen MR) is 103 cm³/mol. The number of carboxylic acids is 1. The first-order valence-electron chi connectivity index (χ1n) is 8.38. The van der Waals surface area contributed by atoms with E-state index in [0.29, 0.717) is 11.1 Å². The van der Waals surface area contributed by atoms with Crippen molar-refractivity contribution in [2.24, 2.45) is 11.5 Å². The predicted octanol–water partition coefficient (Wildman–Crippen LogP) is 0.193. The first-order chi connectivity index (χ1) is 13.5. The molecule has 158 valence electrons. The maximum Gasteiger partial charge on any atom is 0.322 e. The lowest BCUT2D eigenvalue weighted by Crippen LogP contribution is -2.33. The number of aromatic hydroxyl groups is 4. The number of phenols is 4. The standard InChI is InChI=1S/C10H13NO4.C9H11NO4/c1-15-10(14)7(11)4-6-2-3-8(12)9(13)5-6;10-6(9(13)14)3-5-1-2-7(11)8(12)4-5/h2-3,5,7,12-13H,4,11H2,1H3;1-2,4,6,11-12H,3,10H2,(H,13,14)/t7-;6-/m00/s1. The molecule has 0 aliphatic rings. The van der Waals surface area contributed by atoms with Crippen LogP contribution in [0.15, 0.2) is 36.4 Å². The summed E-state index contributed by atoms with van der Waals surface area (Å²) in [5.41, 5.74) is 12.0. The Bertz CT molecular complexity index is 856.